The van der Waals surface area contributed by atoms with Crippen LogP contribution >= 0.6 is 11.3 Å². The molecule has 0 saturated carbocycles. The van der Waals surface area contributed by atoms with Gasteiger partial charge in [-0.15, -0.1) is 11.3 Å². The van der Waals surface area contributed by atoms with Crippen LogP contribution in [-0.4, -0.2) is 35.1 Å². The van der Waals surface area contributed by atoms with Crippen LogP contribution in [0.2, 0.25) is 0 Å². The van der Waals surface area contributed by atoms with Crippen molar-refractivity contribution < 1.29 is 19.1 Å². The Labute approximate surface area is 207 Å². The van der Waals surface area contributed by atoms with Crippen molar-refractivity contribution in [2.45, 2.75) is 38.7 Å². The van der Waals surface area contributed by atoms with E-state index in [-0.39, 0.29) is 5.91 Å². The molecule has 0 unspecified atom stereocenters. The van der Waals surface area contributed by atoms with E-state index in [1.807, 2.05) is 36.4 Å². The van der Waals surface area contributed by atoms with Crippen LogP contribution in [0.5, 0.6) is 5.75 Å². The van der Waals surface area contributed by atoms with Crippen molar-refractivity contribution in [2.24, 2.45) is 0 Å². The molecule has 5 rings (SSSR count). The van der Waals surface area contributed by atoms with Crippen LogP contribution in [0.4, 0.5) is 5.00 Å². The topological polar surface area (TPSA) is 90.4 Å². The summed E-state index contributed by atoms with van der Waals surface area (Å²) in [6, 6.07) is 15.1. The monoisotopic (exact) mass is 487 g/mol. The Morgan fingerprint density at radius 1 is 1.03 bits per heavy atom. The van der Waals surface area contributed by atoms with Gasteiger partial charge in [-0.25, -0.2) is 9.78 Å². The number of esters is 1. The smallest absolute Gasteiger partial charge is 0.341 e. The quantitative estimate of drug-likeness (QED) is 0.365. The number of methoxy groups -OCH3 is 1. The van der Waals surface area contributed by atoms with Gasteiger partial charge in [-0.2, -0.15) is 0 Å². The summed E-state index contributed by atoms with van der Waals surface area (Å²) in [6.07, 6.45) is 4.84. The van der Waals surface area contributed by atoms with Gasteiger partial charge in [0, 0.05) is 10.4 Å². The molecule has 7 nitrogen and oxygen atoms in total. The Morgan fingerprint density at radius 2 is 1.77 bits per heavy atom. The molecule has 0 aliphatic heterocycles. The second kappa shape index (κ2) is 9.84. The molecule has 0 saturated heterocycles. The maximum absolute atomic E-state index is 12.9. The molecule has 178 valence electrons. The summed E-state index contributed by atoms with van der Waals surface area (Å²) >= 11 is 1.46. The summed E-state index contributed by atoms with van der Waals surface area (Å²) < 4.78 is 10.9. The number of amides is 1. The molecule has 2 heterocycles. The van der Waals surface area contributed by atoms with E-state index < -0.39 is 12.1 Å². The number of benzene rings is 2. The summed E-state index contributed by atoms with van der Waals surface area (Å²) in [5.74, 6) is -0.178. The van der Waals surface area contributed by atoms with Crippen LogP contribution in [0.15, 0.2) is 54.7 Å². The zero-order valence-electron chi connectivity index (χ0n) is 19.5. The third kappa shape index (κ3) is 4.74. The van der Waals surface area contributed by atoms with Gasteiger partial charge in [0.05, 0.1) is 35.6 Å². The van der Waals surface area contributed by atoms with E-state index in [1.165, 1.54) is 18.4 Å². The molecule has 1 atom stereocenters. The van der Waals surface area contributed by atoms with Gasteiger partial charge in [-0.05, 0) is 74.6 Å². The molecule has 1 N–H and O–H groups in total. The Kier molecular flexibility index (Phi) is 6.46. The Bertz CT molecular complexity index is 1400. The van der Waals surface area contributed by atoms with E-state index in [4.69, 9.17) is 9.47 Å². The van der Waals surface area contributed by atoms with Crippen LogP contribution in [0.3, 0.4) is 0 Å². The number of aromatic nitrogens is 2. The van der Waals surface area contributed by atoms with Crippen molar-refractivity contribution in [3.63, 3.8) is 0 Å². The SMILES string of the molecule is COC(=O)c1c(NC(=O)[C@@H](C)Oc2ccc(-c3cnc4ccccc4n3)cc2)sc2c1CCCC2. The summed E-state index contributed by atoms with van der Waals surface area (Å²) in [4.78, 5) is 35.6. The maximum atomic E-state index is 12.9. The third-order valence-corrected chi connectivity index (χ3v) is 7.29. The van der Waals surface area contributed by atoms with Gasteiger partial charge in [0.1, 0.15) is 10.8 Å². The molecular formula is C27H25N3O4S. The second-order valence-electron chi connectivity index (χ2n) is 8.42. The van der Waals surface area contributed by atoms with Crippen molar-refractivity contribution in [1.82, 2.24) is 9.97 Å². The molecule has 35 heavy (non-hydrogen) atoms. The van der Waals surface area contributed by atoms with E-state index in [1.54, 1.807) is 25.3 Å². The van der Waals surface area contributed by atoms with Crippen LogP contribution < -0.4 is 10.1 Å². The molecule has 4 aromatic rings. The molecule has 1 amide bonds. The molecule has 2 aromatic carbocycles. The highest BCUT2D eigenvalue weighted by atomic mass is 32.1. The molecule has 8 heteroatoms. The highest BCUT2D eigenvalue weighted by Gasteiger charge is 2.28. The summed E-state index contributed by atoms with van der Waals surface area (Å²) in [5, 5.41) is 3.43. The average Bonchev–Trinajstić information content (AvgIpc) is 3.26. The van der Waals surface area contributed by atoms with E-state index in [0.29, 0.717) is 16.3 Å². The standard InChI is InChI=1S/C27H25N3O4S/c1-16(25(31)30-26-24(27(32)33-2)19-7-3-6-10-23(19)35-26)34-18-13-11-17(12-14-18)22-15-28-20-8-4-5-9-21(20)29-22/h4-5,8-9,11-16H,3,6-7,10H2,1-2H3,(H,30,31)/t16-/m1/s1. The number of ether oxygens (including phenoxy) is 2. The van der Waals surface area contributed by atoms with Crippen molar-refractivity contribution in [2.75, 3.05) is 12.4 Å². The summed E-state index contributed by atoms with van der Waals surface area (Å²) in [5.41, 5.74) is 4.82. The lowest BCUT2D eigenvalue weighted by molar-refractivity contribution is -0.122. The number of hydrogen-bond acceptors (Lipinski definition) is 7. The number of aryl methyl sites for hydroxylation is 1. The van der Waals surface area contributed by atoms with Crippen LogP contribution in [0, 0.1) is 0 Å². The predicted octanol–water partition coefficient (Wildman–Crippen LogP) is 5.43. The molecule has 1 aliphatic carbocycles. The van der Waals surface area contributed by atoms with Crippen LogP contribution in [0.25, 0.3) is 22.3 Å². The number of carbonyl (C=O) groups is 2. The van der Waals surface area contributed by atoms with E-state index in [0.717, 1.165) is 58.4 Å². The van der Waals surface area contributed by atoms with Gasteiger partial charge in [0.25, 0.3) is 5.91 Å². The number of hydrogen-bond donors (Lipinski definition) is 1. The molecule has 2 aromatic heterocycles. The second-order valence-corrected chi connectivity index (χ2v) is 9.53. The normalized spacial score (nSPS) is 13.7. The van der Waals surface area contributed by atoms with E-state index in [9.17, 15) is 9.59 Å². The Morgan fingerprint density at radius 3 is 2.54 bits per heavy atom. The van der Waals surface area contributed by atoms with Crippen molar-refractivity contribution in [1.29, 1.82) is 0 Å². The largest absolute Gasteiger partial charge is 0.481 e. The number of thiophene rings is 1. The number of para-hydroxylation sites is 2. The number of fused-ring (bicyclic) bond motifs is 2. The Balaban J connectivity index is 1.28. The minimum Gasteiger partial charge on any atom is -0.481 e. The highest BCUT2D eigenvalue weighted by Crippen LogP contribution is 2.38. The zero-order valence-corrected chi connectivity index (χ0v) is 20.4. The minimum absolute atomic E-state index is 0.321. The van der Waals surface area contributed by atoms with Gasteiger partial charge in [-0.1, -0.05) is 12.1 Å². The fourth-order valence-electron chi connectivity index (χ4n) is 4.24. The van der Waals surface area contributed by atoms with Crippen LogP contribution in [0.1, 0.15) is 40.6 Å². The lowest BCUT2D eigenvalue weighted by Gasteiger charge is -2.15. The fourth-order valence-corrected chi connectivity index (χ4v) is 5.52. The molecule has 0 spiro atoms. The molecule has 0 radical (unpaired) electrons. The van der Waals surface area contributed by atoms with E-state index in [2.05, 4.69) is 15.3 Å². The summed E-state index contributed by atoms with van der Waals surface area (Å²) in [7, 11) is 1.36. The van der Waals surface area contributed by atoms with Gasteiger partial charge in [0.15, 0.2) is 6.10 Å². The lowest BCUT2D eigenvalue weighted by atomic mass is 9.95. The number of nitrogens with one attached hydrogen (secondary N) is 1. The minimum atomic E-state index is -0.758. The number of carbonyl (C=O) groups excluding carboxylic acids is 2. The lowest BCUT2D eigenvalue weighted by Crippen LogP contribution is -2.30. The molecule has 1 aliphatic rings. The summed E-state index contributed by atoms with van der Waals surface area (Å²) in [6.45, 7) is 1.68. The average molecular weight is 488 g/mol. The van der Waals surface area contributed by atoms with Crippen molar-refractivity contribution >= 4 is 39.2 Å². The van der Waals surface area contributed by atoms with Gasteiger partial charge >= 0.3 is 5.97 Å². The first-order valence-electron chi connectivity index (χ1n) is 11.6. The Hall–Kier alpha value is -3.78. The van der Waals surface area contributed by atoms with Crippen LogP contribution in [-0.2, 0) is 22.4 Å². The van der Waals surface area contributed by atoms with E-state index >= 15 is 0 Å². The molecular weight excluding hydrogens is 462 g/mol. The van der Waals surface area contributed by atoms with Crippen molar-refractivity contribution in [3.05, 3.63) is 70.7 Å². The van der Waals surface area contributed by atoms with Gasteiger partial charge in [-0.3, -0.25) is 9.78 Å². The molecule has 0 fully saturated rings. The predicted molar refractivity (Wildman–Crippen MR) is 136 cm³/mol. The van der Waals surface area contributed by atoms with Gasteiger partial charge in [0.2, 0.25) is 0 Å². The fraction of sp³-hybridized carbons (Fsp3) is 0.259. The number of anilines is 1. The highest BCUT2D eigenvalue weighted by molar-refractivity contribution is 7.17. The first kappa shape index (κ1) is 23.0. The van der Waals surface area contributed by atoms with Crippen molar-refractivity contribution in [3.8, 4) is 17.0 Å². The first-order chi connectivity index (χ1) is 17.0. The third-order valence-electron chi connectivity index (χ3n) is 6.08. The molecule has 0 bridgehead atoms. The maximum Gasteiger partial charge on any atom is 0.341 e. The van der Waals surface area contributed by atoms with Gasteiger partial charge < -0.3 is 14.8 Å². The number of nitrogens with zero attached hydrogens (tertiary/aromatic N) is 2. The first-order valence-corrected chi connectivity index (χ1v) is 12.4. The zero-order chi connectivity index (χ0) is 24.4. The number of rotatable bonds is 6.